The SMILES string of the molecule is O=C(/C=C/c1cc(Cl)c2c(c1)OCCCO2)NCC(=O)NC1CC1. The Hall–Kier alpha value is -2.21. The highest BCUT2D eigenvalue weighted by Crippen LogP contribution is 2.38. The van der Waals surface area contributed by atoms with Crippen LogP contribution in [0.4, 0.5) is 0 Å². The third kappa shape index (κ3) is 4.64. The topological polar surface area (TPSA) is 76.7 Å². The van der Waals surface area contributed by atoms with Crippen LogP contribution in [0.25, 0.3) is 6.08 Å². The van der Waals surface area contributed by atoms with E-state index in [9.17, 15) is 9.59 Å². The molecule has 7 heteroatoms. The summed E-state index contributed by atoms with van der Waals surface area (Å²) in [6, 6.07) is 3.77. The number of amides is 2. The van der Waals surface area contributed by atoms with Gasteiger partial charge in [0, 0.05) is 18.5 Å². The number of fused-ring (bicyclic) bond motifs is 1. The van der Waals surface area contributed by atoms with E-state index in [0.29, 0.717) is 29.7 Å². The zero-order valence-corrected chi connectivity index (χ0v) is 13.9. The maximum Gasteiger partial charge on any atom is 0.244 e. The van der Waals surface area contributed by atoms with Crippen molar-refractivity contribution in [1.29, 1.82) is 0 Å². The van der Waals surface area contributed by atoms with Gasteiger partial charge in [0.25, 0.3) is 0 Å². The molecule has 2 aliphatic rings. The van der Waals surface area contributed by atoms with Gasteiger partial charge in [0.05, 0.1) is 24.8 Å². The second kappa shape index (κ2) is 7.57. The predicted molar refractivity (Wildman–Crippen MR) is 90.3 cm³/mol. The van der Waals surface area contributed by atoms with Gasteiger partial charge < -0.3 is 20.1 Å². The smallest absolute Gasteiger partial charge is 0.244 e. The van der Waals surface area contributed by atoms with Crippen molar-refractivity contribution in [1.82, 2.24) is 10.6 Å². The number of carbonyl (C=O) groups is 2. The average Bonchev–Trinajstić information content (AvgIpc) is 3.37. The zero-order valence-electron chi connectivity index (χ0n) is 13.1. The first kappa shape index (κ1) is 16.6. The number of hydrogen-bond donors (Lipinski definition) is 2. The van der Waals surface area contributed by atoms with E-state index in [1.807, 2.05) is 0 Å². The number of halogens is 1. The van der Waals surface area contributed by atoms with Gasteiger partial charge >= 0.3 is 0 Å². The van der Waals surface area contributed by atoms with Gasteiger partial charge in [0.15, 0.2) is 11.5 Å². The predicted octanol–water partition coefficient (Wildman–Crippen LogP) is 1.91. The lowest BCUT2D eigenvalue weighted by Gasteiger charge is -2.10. The van der Waals surface area contributed by atoms with Crippen LogP contribution in [-0.2, 0) is 9.59 Å². The van der Waals surface area contributed by atoms with E-state index in [1.165, 1.54) is 6.08 Å². The van der Waals surface area contributed by atoms with Crippen LogP contribution in [0, 0.1) is 0 Å². The number of carbonyl (C=O) groups excluding carboxylic acids is 2. The summed E-state index contributed by atoms with van der Waals surface area (Å²) in [7, 11) is 0. The molecular weight excluding hydrogens is 332 g/mol. The van der Waals surface area contributed by atoms with E-state index >= 15 is 0 Å². The van der Waals surface area contributed by atoms with Gasteiger partial charge in [-0.3, -0.25) is 9.59 Å². The lowest BCUT2D eigenvalue weighted by molar-refractivity contribution is -0.124. The first-order chi connectivity index (χ1) is 11.6. The van der Waals surface area contributed by atoms with Crippen molar-refractivity contribution < 1.29 is 19.1 Å². The summed E-state index contributed by atoms with van der Waals surface area (Å²) in [5.74, 6) is 0.596. The van der Waals surface area contributed by atoms with Crippen LogP contribution in [0.5, 0.6) is 11.5 Å². The van der Waals surface area contributed by atoms with E-state index < -0.39 is 0 Å². The highest BCUT2D eigenvalue weighted by Gasteiger charge is 2.23. The normalized spacial score (nSPS) is 16.5. The van der Waals surface area contributed by atoms with Crippen molar-refractivity contribution in [2.24, 2.45) is 0 Å². The zero-order chi connectivity index (χ0) is 16.9. The van der Waals surface area contributed by atoms with Crippen LogP contribution in [0.3, 0.4) is 0 Å². The third-order valence-electron chi connectivity index (χ3n) is 3.62. The molecule has 2 amide bonds. The quantitative estimate of drug-likeness (QED) is 0.795. The molecule has 1 heterocycles. The van der Waals surface area contributed by atoms with Crippen molar-refractivity contribution in [3.05, 3.63) is 28.8 Å². The minimum atomic E-state index is -0.343. The monoisotopic (exact) mass is 350 g/mol. The highest BCUT2D eigenvalue weighted by molar-refractivity contribution is 6.32. The van der Waals surface area contributed by atoms with Crippen LogP contribution in [0.2, 0.25) is 5.02 Å². The van der Waals surface area contributed by atoms with Gasteiger partial charge in [-0.05, 0) is 36.6 Å². The average molecular weight is 351 g/mol. The highest BCUT2D eigenvalue weighted by atomic mass is 35.5. The molecule has 1 aromatic carbocycles. The Morgan fingerprint density at radius 1 is 1.25 bits per heavy atom. The van der Waals surface area contributed by atoms with E-state index in [-0.39, 0.29) is 24.4 Å². The van der Waals surface area contributed by atoms with E-state index in [4.69, 9.17) is 21.1 Å². The van der Waals surface area contributed by atoms with Gasteiger partial charge in [0.1, 0.15) is 0 Å². The Morgan fingerprint density at radius 3 is 2.83 bits per heavy atom. The van der Waals surface area contributed by atoms with E-state index in [0.717, 1.165) is 24.8 Å². The summed E-state index contributed by atoms with van der Waals surface area (Å²) in [5, 5.41) is 5.79. The van der Waals surface area contributed by atoms with Gasteiger partial charge in [0.2, 0.25) is 11.8 Å². The molecule has 0 spiro atoms. The second-order valence-corrected chi connectivity index (χ2v) is 6.18. The molecule has 1 aliphatic heterocycles. The Labute approximate surface area is 145 Å². The Balaban J connectivity index is 1.57. The van der Waals surface area contributed by atoms with Gasteiger partial charge in [-0.1, -0.05) is 11.6 Å². The molecule has 1 aliphatic carbocycles. The minimum Gasteiger partial charge on any atom is -0.489 e. The molecule has 0 saturated heterocycles. The minimum absolute atomic E-state index is 0.0262. The summed E-state index contributed by atoms with van der Waals surface area (Å²) >= 11 is 6.20. The Kier molecular flexibility index (Phi) is 5.25. The Bertz CT molecular complexity index is 671. The van der Waals surface area contributed by atoms with Crippen LogP contribution in [-0.4, -0.2) is 37.6 Å². The van der Waals surface area contributed by atoms with Crippen molar-refractivity contribution >= 4 is 29.5 Å². The van der Waals surface area contributed by atoms with E-state index in [2.05, 4.69) is 10.6 Å². The molecule has 3 rings (SSSR count). The molecule has 0 aromatic heterocycles. The fourth-order valence-electron chi connectivity index (χ4n) is 2.25. The lowest BCUT2D eigenvalue weighted by Crippen LogP contribution is -2.37. The molecule has 1 aromatic rings. The molecule has 128 valence electrons. The third-order valence-corrected chi connectivity index (χ3v) is 3.90. The maximum absolute atomic E-state index is 11.8. The number of benzene rings is 1. The van der Waals surface area contributed by atoms with Crippen molar-refractivity contribution in [3.8, 4) is 11.5 Å². The maximum atomic E-state index is 11.8. The van der Waals surface area contributed by atoms with Gasteiger partial charge in [-0.2, -0.15) is 0 Å². The largest absolute Gasteiger partial charge is 0.489 e. The second-order valence-electron chi connectivity index (χ2n) is 5.77. The van der Waals surface area contributed by atoms with Crippen LogP contribution in [0.1, 0.15) is 24.8 Å². The summed E-state index contributed by atoms with van der Waals surface area (Å²) < 4.78 is 11.2. The molecule has 0 radical (unpaired) electrons. The molecule has 0 atom stereocenters. The number of hydrogen-bond acceptors (Lipinski definition) is 4. The van der Waals surface area contributed by atoms with Crippen molar-refractivity contribution in [2.75, 3.05) is 19.8 Å². The first-order valence-electron chi connectivity index (χ1n) is 7.96. The molecule has 0 unspecified atom stereocenters. The van der Waals surface area contributed by atoms with Crippen LogP contribution in [0.15, 0.2) is 18.2 Å². The molecule has 24 heavy (non-hydrogen) atoms. The molecule has 6 nitrogen and oxygen atoms in total. The summed E-state index contributed by atoms with van der Waals surface area (Å²) in [4.78, 5) is 23.3. The standard InChI is InChI=1S/C17H19ClN2O4/c18-13-8-11(9-14-17(13)24-7-1-6-23-14)2-5-15(21)19-10-16(22)20-12-3-4-12/h2,5,8-9,12H,1,3-4,6-7,10H2,(H,19,21)(H,20,22)/b5-2+. The number of rotatable bonds is 5. The summed E-state index contributed by atoms with van der Waals surface area (Å²) in [6.07, 6.45) is 5.81. The summed E-state index contributed by atoms with van der Waals surface area (Å²) in [6.45, 7) is 1.10. The molecule has 1 saturated carbocycles. The van der Waals surface area contributed by atoms with Crippen LogP contribution >= 0.6 is 11.6 Å². The fraction of sp³-hybridized carbons (Fsp3) is 0.412. The number of nitrogens with one attached hydrogen (secondary N) is 2. The van der Waals surface area contributed by atoms with Gasteiger partial charge in [-0.25, -0.2) is 0 Å². The lowest BCUT2D eigenvalue weighted by atomic mass is 10.2. The summed E-state index contributed by atoms with van der Waals surface area (Å²) in [5.41, 5.74) is 0.724. The molecule has 2 N–H and O–H groups in total. The first-order valence-corrected chi connectivity index (χ1v) is 8.34. The van der Waals surface area contributed by atoms with Gasteiger partial charge in [-0.15, -0.1) is 0 Å². The molecule has 0 bridgehead atoms. The number of ether oxygens (including phenoxy) is 2. The van der Waals surface area contributed by atoms with Crippen molar-refractivity contribution in [3.63, 3.8) is 0 Å². The fourth-order valence-corrected chi connectivity index (χ4v) is 2.53. The van der Waals surface area contributed by atoms with Crippen LogP contribution < -0.4 is 20.1 Å². The van der Waals surface area contributed by atoms with Crippen molar-refractivity contribution in [2.45, 2.75) is 25.3 Å². The van der Waals surface area contributed by atoms with E-state index in [1.54, 1.807) is 18.2 Å². The Morgan fingerprint density at radius 2 is 2.04 bits per heavy atom. The molecule has 1 fully saturated rings. The molecular formula is C17H19ClN2O4.